The first kappa shape index (κ1) is 25.2. The Kier molecular flexibility index (Phi) is 7.14. The Hall–Kier alpha value is -3.47. The number of morpholine rings is 1. The van der Waals surface area contributed by atoms with Crippen molar-refractivity contribution in [1.82, 2.24) is 15.0 Å². The fraction of sp³-hybridized carbons (Fsp3) is 0.423. The minimum absolute atomic E-state index is 0.239. The molecule has 0 atom stereocenters. The number of aromatic nitrogens is 3. The molecule has 2 aliphatic heterocycles. The number of pyridine rings is 1. The molecule has 11 heteroatoms. The van der Waals surface area contributed by atoms with Crippen LogP contribution in [-0.4, -0.2) is 54.3 Å². The summed E-state index contributed by atoms with van der Waals surface area (Å²) in [4.78, 5) is 17.2. The summed E-state index contributed by atoms with van der Waals surface area (Å²) in [5.41, 5.74) is 1.39. The molecule has 1 N–H and O–H groups in total. The van der Waals surface area contributed by atoms with Gasteiger partial charge in [-0.25, -0.2) is 19.3 Å². The molecule has 37 heavy (non-hydrogen) atoms. The zero-order valence-corrected chi connectivity index (χ0v) is 20.5. The van der Waals surface area contributed by atoms with Crippen molar-refractivity contribution in [2.45, 2.75) is 32.5 Å². The summed E-state index contributed by atoms with van der Waals surface area (Å²) in [5.74, 6) is 0.746. The van der Waals surface area contributed by atoms with Gasteiger partial charge < -0.3 is 19.9 Å². The van der Waals surface area contributed by atoms with E-state index in [2.05, 4.69) is 15.3 Å². The fourth-order valence-electron chi connectivity index (χ4n) is 4.72. The van der Waals surface area contributed by atoms with Gasteiger partial charge in [-0.15, -0.1) is 0 Å². The molecule has 0 aliphatic carbocycles. The molecule has 0 saturated carbocycles. The molecule has 0 unspecified atom stereocenters. The third-order valence-corrected chi connectivity index (χ3v) is 6.60. The third-order valence-electron chi connectivity index (χ3n) is 6.60. The quantitative estimate of drug-likeness (QED) is 0.467. The van der Waals surface area contributed by atoms with Gasteiger partial charge in [0.05, 0.1) is 30.7 Å². The number of fused-ring (bicyclic) bond motifs is 1. The number of anilines is 3. The number of halogens is 4. The van der Waals surface area contributed by atoms with Crippen molar-refractivity contribution in [3.63, 3.8) is 0 Å². The molecule has 7 nitrogen and oxygen atoms in total. The third kappa shape index (κ3) is 5.31. The van der Waals surface area contributed by atoms with Gasteiger partial charge in [0.25, 0.3) is 0 Å². The molecule has 4 heterocycles. The molecule has 2 aliphatic rings. The maximum atomic E-state index is 15.6. The van der Waals surface area contributed by atoms with Gasteiger partial charge in [-0.05, 0) is 35.7 Å². The topological polar surface area (TPSA) is 66.4 Å². The average Bonchev–Trinajstić information content (AvgIpc) is 2.90. The molecule has 0 radical (unpaired) electrons. The van der Waals surface area contributed by atoms with Crippen molar-refractivity contribution in [3.05, 3.63) is 59.2 Å². The highest BCUT2D eigenvalue weighted by Crippen LogP contribution is 2.35. The lowest BCUT2D eigenvalue weighted by Crippen LogP contribution is -2.37. The summed E-state index contributed by atoms with van der Waals surface area (Å²) in [6.07, 6.45) is 0.104. The molecule has 0 amide bonds. The van der Waals surface area contributed by atoms with Gasteiger partial charge in [0.15, 0.2) is 23.3 Å². The largest absolute Gasteiger partial charge is 0.416 e. The Morgan fingerprint density at radius 1 is 1.03 bits per heavy atom. The summed E-state index contributed by atoms with van der Waals surface area (Å²) in [6.45, 7) is 5.40. The number of aryl methyl sites for hydroxylation is 1. The first-order valence-electron chi connectivity index (χ1n) is 12.4. The van der Waals surface area contributed by atoms with Crippen LogP contribution < -0.4 is 15.1 Å². The van der Waals surface area contributed by atoms with Gasteiger partial charge >= 0.3 is 6.18 Å². The summed E-state index contributed by atoms with van der Waals surface area (Å²) in [5, 5.41) is 3.19. The second-order valence-electron chi connectivity index (χ2n) is 9.10. The lowest BCUT2D eigenvalue weighted by Gasteiger charge is -2.31. The van der Waals surface area contributed by atoms with E-state index >= 15 is 4.39 Å². The molecule has 196 valence electrons. The maximum Gasteiger partial charge on any atom is 0.416 e. The normalized spacial score (nSPS) is 15.9. The highest BCUT2D eigenvalue weighted by atomic mass is 19.4. The van der Waals surface area contributed by atoms with Crippen LogP contribution in [0, 0.1) is 5.82 Å². The van der Waals surface area contributed by atoms with Gasteiger partial charge in [-0.2, -0.15) is 13.2 Å². The lowest BCUT2D eigenvalue weighted by molar-refractivity contribution is -0.137. The highest BCUT2D eigenvalue weighted by Gasteiger charge is 2.31. The van der Waals surface area contributed by atoms with Gasteiger partial charge in [-0.1, -0.05) is 19.4 Å². The number of hydrogen-bond acceptors (Lipinski definition) is 7. The lowest BCUT2D eigenvalue weighted by atomic mass is 9.99. The molecule has 3 aromatic rings. The summed E-state index contributed by atoms with van der Waals surface area (Å²) in [6, 6.07) is 5.48. The van der Waals surface area contributed by atoms with E-state index in [4.69, 9.17) is 9.72 Å². The SMILES string of the molecule is CCCc1ccc(C(F)(F)F)cc1CN1CCNc2ncc(-c3ccnc(N4CCOCC4)c3F)nc21. The molecule has 5 rings (SSSR count). The predicted molar refractivity (Wildman–Crippen MR) is 133 cm³/mol. The maximum absolute atomic E-state index is 15.6. The van der Waals surface area contributed by atoms with Crippen LogP contribution in [0.15, 0.2) is 36.7 Å². The monoisotopic (exact) mass is 516 g/mol. The zero-order chi connectivity index (χ0) is 26.0. The number of hydrogen-bond donors (Lipinski definition) is 1. The Bertz CT molecular complexity index is 1260. The summed E-state index contributed by atoms with van der Waals surface area (Å²) < 4.78 is 61.3. The molecule has 1 aromatic carbocycles. The van der Waals surface area contributed by atoms with Crippen molar-refractivity contribution >= 4 is 17.5 Å². The van der Waals surface area contributed by atoms with Crippen LogP contribution in [0.1, 0.15) is 30.0 Å². The van der Waals surface area contributed by atoms with E-state index in [1.165, 1.54) is 12.3 Å². The molecular weight excluding hydrogens is 488 g/mol. The number of rotatable bonds is 6. The van der Waals surface area contributed by atoms with Crippen LogP contribution in [-0.2, 0) is 23.9 Å². The van der Waals surface area contributed by atoms with Crippen LogP contribution in [0.3, 0.4) is 0 Å². The molecule has 1 fully saturated rings. The Balaban J connectivity index is 1.49. The minimum Gasteiger partial charge on any atom is -0.378 e. The number of alkyl halides is 3. The number of benzene rings is 1. The number of ether oxygens (including phenoxy) is 1. The number of nitrogens with zero attached hydrogens (tertiary/aromatic N) is 5. The van der Waals surface area contributed by atoms with Crippen LogP contribution in [0.4, 0.5) is 35.0 Å². The molecule has 1 saturated heterocycles. The number of nitrogens with one attached hydrogen (secondary N) is 1. The summed E-state index contributed by atoms with van der Waals surface area (Å²) >= 11 is 0. The van der Waals surface area contributed by atoms with Crippen molar-refractivity contribution in [2.75, 3.05) is 54.5 Å². The van der Waals surface area contributed by atoms with Crippen molar-refractivity contribution in [1.29, 1.82) is 0 Å². The second kappa shape index (κ2) is 10.5. The first-order valence-corrected chi connectivity index (χ1v) is 12.4. The van der Waals surface area contributed by atoms with E-state index < -0.39 is 17.6 Å². The molecule has 0 bridgehead atoms. The van der Waals surface area contributed by atoms with E-state index in [1.807, 2.05) is 16.7 Å². The van der Waals surface area contributed by atoms with Crippen molar-refractivity contribution < 1.29 is 22.3 Å². The van der Waals surface area contributed by atoms with Crippen molar-refractivity contribution in [2.24, 2.45) is 0 Å². The van der Waals surface area contributed by atoms with E-state index in [0.29, 0.717) is 68.7 Å². The molecule has 2 aromatic heterocycles. The van der Waals surface area contributed by atoms with Gasteiger partial charge in [0.1, 0.15) is 0 Å². The fourth-order valence-corrected chi connectivity index (χ4v) is 4.72. The Labute approximate surface area is 212 Å². The summed E-state index contributed by atoms with van der Waals surface area (Å²) in [7, 11) is 0. The van der Waals surface area contributed by atoms with Crippen LogP contribution in [0.25, 0.3) is 11.3 Å². The predicted octanol–water partition coefficient (Wildman–Crippen LogP) is 4.92. The highest BCUT2D eigenvalue weighted by molar-refractivity contribution is 5.71. The Morgan fingerprint density at radius 3 is 2.59 bits per heavy atom. The molecular formula is C26H28F4N6O. The second-order valence-corrected chi connectivity index (χ2v) is 9.10. The average molecular weight is 517 g/mol. The first-order chi connectivity index (χ1) is 17.8. The van der Waals surface area contributed by atoms with E-state index in [1.54, 1.807) is 18.3 Å². The van der Waals surface area contributed by atoms with Crippen LogP contribution in [0.5, 0.6) is 0 Å². The van der Waals surface area contributed by atoms with E-state index in [0.717, 1.165) is 18.1 Å². The van der Waals surface area contributed by atoms with Crippen molar-refractivity contribution in [3.8, 4) is 11.3 Å². The zero-order valence-electron chi connectivity index (χ0n) is 20.5. The van der Waals surface area contributed by atoms with Gasteiger partial charge in [0.2, 0.25) is 0 Å². The van der Waals surface area contributed by atoms with E-state index in [9.17, 15) is 13.2 Å². The molecule has 0 spiro atoms. The Morgan fingerprint density at radius 2 is 1.84 bits per heavy atom. The smallest absolute Gasteiger partial charge is 0.378 e. The van der Waals surface area contributed by atoms with Crippen LogP contribution in [0.2, 0.25) is 0 Å². The van der Waals surface area contributed by atoms with E-state index in [-0.39, 0.29) is 17.9 Å². The van der Waals surface area contributed by atoms with Gasteiger partial charge in [-0.3, -0.25) is 0 Å². The minimum atomic E-state index is -4.43. The standard InChI is InChI=1S/C26H28F4N6O/c1-2-3-17-4-5-19(26(28,29)30)14-18(17)16-36-9-8-31-23-25(36)34-21(15-33-23)20-6-7-32-24(22(20)27)35-10-12-37-13-11-35/h4-7,14-15H,2-3,8-13,16H2,1H3,(H,31,33). The van der Waals surface area contributed by atoms with Gasteiger partial charge in [0, 0.05) is 44.5 Å². The van der Waals surface area contributed by atoms with Crippen LogP contribution >= 0.6 is 0 Å².